The van der Waals surface area contributed by atoms with Crippen molar-refractivity contribution in [2.75, 3.05) is 5.73 Å². The lowest BCUT2D eigenvalue weighted by Crippen LogP contribution is -1.92. The molecule has 0 radical (unpaired) electrons. The van der Waals surface area contributed by atoms with Crippen molar-refractivity contribution in [2.45, 2.75) is 0 Å². The largest absolute Gasteiger partial charge is 0.399 e. The topological polar surface area (TPSA) is 26.0 Å². The Kier molecular flexibility index (Phi) is 2.98. The van der Waals surface area contributed by atoms with Gasteiger partial charge in [-0.3, -0.25) is 0 Å². The molecule has 0 atom stereocenters. The van der Waals surface area contributed by atoms with Crippen molar-refractivity contribution < 1.29 is 13.2 Å². The van der Waals surface area contributed by atoms with Crippen LogP contribution in [0.15, 0.2) is 30.3 Å². The van der Waals surface area contributed by atoms with E-state index in [1.165, 1.54) is 12.1 Å². The zero-order valence-electron chi connectivity index (χ0n) is 8.48. The van der Waals surface area contributed by atoms with E-state index in [2.05, 4.69) is 0 Å². The van der Waals surface area contributed by atoms with Crippen molar-refractivity contribution in [1.29, 1.82) is 0 Å². The molecule has 0 saturated heterocycles. The molecule has 0 aliphatic rings. The van der Waals surface area contributed by atoms with Crippen molar-refractivity contribution >= 4 is 17.3 Å². The molecule has 0 amide bonds. The molecule has 2 aromatic rings. The molecular weight excluding hydrogens is 251 g/mol. The summed E-state index contributed by atoms with van der Waals surface area (Å²) < 4.78 is 39.5. The van der Waals surface area contributed by atoms with Gasteiger partial charge >= 0.3 is 0 Å². The molecule has 2 aromatic carbocycles. The minimum Gasteiger partial charge on any atom is -0.399 e. The van der Waals surface area contributed by atoms with Crippen LogP contribution in [0.1, 0.15) is 0 Å². The zero-order chi connectivity index (χ0) is 12.6. The first-order valence-electron chi connectivity index (χ1n) is 4.69. The first-order valence-corrected chi connectivity index (χ1v) is 5.07. The van der Waals surface area contributed by atoms with Gasteiger partial charge in [-0.05, 0) is 30.3 Å². The first kappa shape index (κ1) is 11.8. The summed E-state index contributed by atoms with van der Waals surface area (Å²) >= 11 is 5.74. The highest BCUT2D eigenvalue weighted by molar-refractivity contribution is 6.33. The van der Waals surface area contributed by atoms with Crippen LogP contribution in [0, 0.1) is 17.5 Å². The van der Waals surface area contributed by atoms with E-state index in [9.17, 15) is 13.2 Å². The van der Waals surface area contributed by atoms with Crippen LogP contribution in [0.3, 0.4) is 0 Å². The third-order valence-corrected chi connectivity index (χ3v) is 2.61. The molecule has 0 aromatic heterocycles. The Bertz CT molecular complexity index is 584. The first-order chi connectivity index (χ1) is 7.99. The molecule has 2 rings (SSSR count). The molecule has 0 heterocycles. The second-order valence-electron chi connectivity index (χ2n) is 3.49. The molecule has 88 valence electrons. The van der Waals surface area contributed by atoms with E-state index < -0.39 is 17.5 Å². The quantitative estimate of drug-likeness (QED) is 0.606. The lowest BCUT2D eigenvalue weighted by Gasteiger charge is -2.07. The van der Waals surface area contributed by atoms with E-state index in [-0.39, 0.29) is 21.8 Å². The van der Waals surface area contributed by atoms with E-state index >= 15 is 0 Å². The summed E-state index contributed by atoms with van der Waals surface area (Å²) in [6, 6.07) is 5.57. The van der Waals surface area contributed by atoms with Crippen molar-refractivity contribution in [3.05, 3.63) is 52.8 Å². The summed E-state index contributed by atoms with van der Waals surface area (Å²) in [5.41, 5.74) is 5.79. The number of anilines is 1. The Morgan fingerprint density at radius 2 is 1.47 bits per heavy atom. The van der Waals surface area contributed by atoms with Crippen LogP contribution in [0.25, 0.3) is 11.1 Å². The van der Waals surface area contributed by atoms with Crippen molar-refractivity contribution in [3.8, 4) is 11.1 Å². The predicted molar refractivity (Wildman–Crippen MR) is 61.2 cm³/mol. The van der Waals surface area contributed by atoms with E-state index in [1.54, 1.807) is 0 Å². The third-order valence-electron chi connectivity index (χ3n) is 2.29. The maximum absolute atomic E-state index is 13.6. The highest BCUT2D eigenvalue weighted by Crippen LogP contribution is 2.32. The van der Waals surface area contributed by atoms with E-state index in [0.29, 0.717) is 0 Å². The predicted octanol–water partition coefficient (Wildman–Crippen LogP) is 4.01. The van der Waals surface area contributed by atoms with Crippen molar-refractivity contribution in [1.82, 2.24) is 0 Å². The normalized spacial score (nSPS) is 10.6. The Labute approximate surface area is 101 Å². The fraction of sp³-hybridized carbons (Fsp3) is 0. The summed E-state index contributed by atoms with van der Waals surface area (Å²) in [4.78, 5) is 0. The molecule has 0 bridgehead atoms. The zero-order valence-corrected chi connectivity index (χ0v) is 9.23. The second kappa shape index (κ2) is 4.30. The van der Waals surface area contributed by atoms with Crippen LogP contribution in [0.2, 0.25) is 5.02 Å². The van der Waals surface area contributed by atoms with E-state index in [0.717, 1.165) is 18.2 Å². The number of hydrogen-bond donors (Lipinski definition) is 1. The van der Waals surface area contributed by atoms with Gasteiger partial charge in [-0.15, -0.1) is 0 Å². The van der Waals surface area contributed by atoms with Gasteiger partial charge in [-0.1, -0.05) is 11.6 Å². The molecule has 0 aliphatic heterocycles. The summed E-state index contributed by atoms with van der Waals surface area (Å²) in [5, 5.41) is -0.0624. The Morgan fingerprint density at radius 3 is 2.12 bits per heavy atom. The summed E-state index contributed by atoms with van der Waals surface area (Å²) in [7, 11) is 0. The van der Waals surface area contributed by atoms with Crippen LogP contribution in [-0.2, 0) is 0 Å². The lowest BCUT2D eigenvalue weighted by molar-refractivity contribution is 0.509. The van der Waals surface area contributed by atoms with Crippen molar-refractivity contribution in [3.63, 3.8) is 0 Å². The van der Waals surface area contributed by atoms with Crippen molar-refractivity contribution in [2.24, 2.45) is 0 Å². The van der Waals surface area contributed by atoms with Gasteiger partial charge < -0.3 is 5.73 Å². The number of benzene rings is 2. The van der Waals surface area contributed by atoms with Gasteiger partial charge in [0.25, 0.3) is 0 Å². The number of rotatable bonds is 1. The summed E-state index contributed by atoms with van der Waals surface area (Å²) in [6.07, 6.45) is 0. The molecule has 0 spiro atoms. The van der Waals surface area contributed by atoms with Gasteiger partial charge in [0.15, 0.2) is 11.6 Å². The Balaban J connectivity index is 2.64. The molecule has 17 heavy (non-hydrogen) atoms. The number of halogens is 4. The number of nitrogen functional groups attached to an aromatic ring is 1. The van der Waals surface area contributed by atoms with Gasteiger partial charge in [-0.25, -0.2) is 13.2 Å². The molecule has 0 saturated carbocycles. The average Bonchev–Trinajstić information content (AvgIpc) is 2.24. The average molecular weight is 258 g/mol. The van der Waals surface area contributed by atoms with Crippen LogP contribution >= 0.6 is 11.6 Å². The number of hydrogen-bond acceptors (Lipinski definition) is 1. The Morgan fingerprint density at radius 1 is 0.824 bits per heavy atom. The molecule has 0 fully saturated rings. The fourth-order valence-electron chi connectivity index (χ4n) is 1.48. The maximum atomic E-state index is 13.6. The van der Waals surface area contributed by atoms with Gasteiger partial charge in [0.1, 0.15) is 5.82 Å². The van der Waals surface area contributed by atoms with Gasteiger partial charge in [-0.2, -0.15) is 0 Å². The summed E-state index contributed by atoms with van der Waals surface area (Å²) in [6.45, 7) is 0. The minimum absolute atomic E-state index is 0.0624. The molecule has 0 aliphatic carbocycles. The maximum Gasteiger partial charge on any atom is 0.160 e. The van der Waals surface area contributed by atoms with Crippen LogP contribution in [0.5, 0.6) is 0 Å². The molecule has 1 nitrogen and oxygen atoms in total. The highest BCUT2D eigenvalue weighted by Gasteiger charge is 2.13. The molecule has 2 N–H and O–H groups in total. The van der Waals surface area contributed by atoms with Gasteiger partial charge in [0.2, 0.25) is 0 Å². The third kappa shape index (κ3) is 2.22. The smallest absolute Gasteiger partial charge is 0.160 e. The van der Waals surface area contributed by atoms with Gasteiger partial charge in [0.05, 0.1) is 5.02 Å². The second-order valence-corrected chi connectivity index (χ2v) is 3.89. The Hall–Kier alpha value is -1.68. The molecule has 0 unspecified atom stereocenters. The standard InChI is InChI=1S/C12H7ClF3N/c13-9-5-12(16)11(15)4-8(9)7-2-1-6(17)3-10(7)14/h1-5H,17H2. The fourth-order valence-corrected chi connectivity index (χ4v) is 1.73. The SMILES string of the molecule is Nc1ccc(-c2cc(F)c(F)cc2Cl)c(F)c1. The van der Waals surface area contributed by atoms with Crippen LogP contribution in [-0.4, -0.2) is 0 Å². The minimum atomic E-state index is -1.08. The van der Waals surface area contributed by atoms with Crippen LogP contribution < -0.4 is 5.73 Å². The van der Waals surface area contributed by atoms with Crippen LogP contribution in [0.4, 0.5) is 18.9 Å². The molecule has 5 heteroatoms. The van der Waals surface area contributed by atoms with Gasteiger partial charge in [0, 0.05) is 16.8 Å². The monoisotopic (exact) mass is 257 g/mol. The lowest BCUT2D eigenvalue weighted by atomic mass is 10.0. The van der Waals surface area contributed by atoms with E-state index in [1.807, 2.05) is 0 Å². The number of nitrogens with two attached hydrogens (primary N) is 1. The summed E-state index contributed by atoms with van der Waals surface area (Å²) in [5.74, 6) is -2.80. The van der Waals surface area contributed by atoms with E-state index in [4.69, 9.17) is 17.3 Å². The highest BCUT2D eigenvalue weighted by atomic mass is 35.5. The molecular formula is C12H7ClF3N.